The van der Waals surface area contributed by atoms with E-state index in [1.54, 1.807) is 24.3 Å². The highest BCUT2D eigenvalue weighted by molar-refractivity contribution is 5.94. The minimum absolute atomic E-state index is 0.0943. The van der Waals surface area contributed by atoms with Crippen molar-refractivity contribution in [1.82, 2.24) is 15.6 Å². The maximum Gasteiger partial charge on any atom is 0.257 e. The van der Waals surface area contributed by atoms with Crippen LogP contribution in [0, 0.1) is 5.82 Å². The zero-order valence-corrected chi connectivity index (χ0v) is 18.0. The Morgan fingerprint density at radius 1 is 1.06 bits per heavy atom. The van der Waals surface area contributed by atoms with Gasteiger partial charge in [-0.05, 0) is 49.1 Å². The Kier molecular flexibility index (Phi) is 9.34. The SMILES string of the molecule is O=C(NCCCCC(C(=O)N/N=C/c1ccc(F)cc1)N1CCOCC1)c1ccccc1. The van der Waals surface area contributed by atoms with Gasteiger partial charge in [-0.15, -0.1) is 0 Å². The largest absolute Gasteiger partial charge is 0.379 e. The minimum Gasteiger partial charge on any atom is -0.379 e. The number of amides is 2. The molecular weight excluding hydrogens is 411 g/mol. The number of hydrogen-bond donors (Lipinski definition) is 2. The van der Waals surface area contributed by atoms with Crippen LogP contribution in [-0.2, 0) is 9.53 Å². The van der Waals surface area contributed by atoms with Crippen LogP contribution >= 0.6 is 0 Å². The summed E-state index contributed by atoms with van der Waals surface area (Å²) >= 11 is 0. The van der Waals surface area contributed by atoms with Gasteiger partial charge in [-0.2, -0.15) is 5.10 Å². The summed E-state index contributed by atoms with van der Waals surface area (Å²) in [6.07, 6.45) is 3.70. The third-order valence-corrected chi connectivity index (χ3v) is 5.27. The van der Waals surface area contributed by atoms with Gasteiger partial charge in [-0.1, -0.05) is 30.3 Å². The number of benzene rings is 2. The number of unbranched alkanes of at least 4 members (excludes halogenated alkanes) is 1. The van der Waals surface area contributed by atoms with Crippen molar-refractivity contribution in [2.24, 2.45) is 5.10 Å². The molecule has 2 amide bonds. The van der Waals surface area contributed by atoms with Crippen LogP contribution < -0.4 is 10.7 Å². The van der Waals surface area contributed by atoms with Crippen molar-refractivity contribution in [3.63, 3.8) is 0 Å². The van der Waals surface area contributed by atoms with E-state index >= 15 is 0 Å². The molecule has 0 radical (unpaired) electrons. The third-order valence-electron chi connectivity index (χ3n) is 5.27. The van der Waals surface area contributed by atoms with Crippen LogP contribution in [0.4, 0.5) is 4.39 Å². The lowest BCUT2D eigenvalue weighted by atomic mass is 10.1. The lowest BCUT2D eigenvalue weighted by Crippen LogP contribution is -2.50. The highest BCUT2D eigenvalue weighted by Gasteiger charge is 2.26. The quantitative estimate of drug-likeness (QED) is 0.338. The van der Waals surface area contributed by atoms with Gasteiger partial charge in [-0.25, -0.2) is 9.82 Å². The summed E-state index contributed by atoms with van der Waals surface area (Å²) in [6.45, 7) is 3.11. The monoisotopic (exact) mass is 440 g/mol. The number of nitrogens with one attached hydrogen (secondary N) is 2. The molecule has 0 bridgehead atoms. The summed E-state index contributed by atoms with van der Waals surface area (Å²) < 4.78 is 18.4. The fourth-order valence-corrected chi connectivity index (χ4v) is 3.52. The molecule has 2 aromatic carbocycles. The Bertz CT molecular complexity index is 884. The van der Waals surface area contributed by atoms with Crippen LogP contribution in [0.5, 0.6) is 0 Å². The molecule has 1 unspecified atom stereocenters. The second-order valence-corrected chi connectivity index (χ2v) is 7.57. The minimum atomic E-state index is -0.325. The summed E-state index contributed by atoms with van der Waals surface area (Å²) in [5.41, 5.74) is 3.94. The molecule has 0 aliphatic carbocycles. The molecule has 2 aromatic rings. The van der Waals surface area contributed by atoms with Gasteiger partial charge < -0.3 is 10.1 Å². The molecule has 0 saturated carbocycles. The fourth-order valence-electron chi connectivity index (χ4n) is 3.52. The lowest BCUT2D eigenvalue weighted by molar-refractivity contribution is -0.128. The molecule has 1 atom stereocenters. The number of nitrogens with zero attached hydrogens (tertiary/aromatic N) is 2. The van der Waals surface area contributed by atoms with E-state index in [9.17, 15) is 14.0 Å². The summed E-state index contributed by atoms with van der Waals surface area (Å²) in [7, 11) is 0. The molecule has 1 heterocycles. The smallest absolute Gasteiger partial charge is 0.257 e. The maximum absolute atomic E-state index is 13.0. The number of carbonyl (C=O) groups excluding carboxylic acids is 2. The van der Waals surface area contributed by atoms with E-state index < -0.39 is 0 Å². The standard InChI is InChI=1S/C24H29FN4O3/c25-21-11-9-19(10-12-21)18-27-28-24(31)22(29-14-16-32-17-15-29)8-4-5-13-26-23(30)20-6-2-1-3-7-20/h1-3,6-7,9-12,18,22H,4-5,8,13-17H2,(H,26,30)(H,28,31)/b27-18+. The van der Waals surface area contributed by atoms with Crippen LogP contribution in [0.25, 0.3) is 0 Å². The van der Waals surface area contributed by atoms with Gasteiger partial charge in [0.1, 0.15) is 5.82 Å². The Morgan fingerprint density at radius 3 is 2.50 bits per heavy atom. The van der Waals surface area contributed by atoms with E-state index in [0.29, 0.717) is 50.4 Å². The van der Waals surface area contributed by atoms with Gasteiger partial charge in [0.15, 0.2) is 0 Å². The van der Waals surface area contributed by atoms with Crippen LogP contribution in [-0.4, -0.2) is 61.8 Å². The van der Waals surface area contributed by atoms with Gasteiger partial charge in [0, 0.05) is 25.2 Å². The van der Waals surface area contributed by atoms with Gasteiger partial charge in [0.05, 0.1) is 25.5 Å². The Labute approximate surface area is 187 Å². The highest BCUT2D eigenvalue weighted by Crippen LogP contribution is 2.12. The first-order chi connectivity index (χ1) is 15.6. The number of morpholine rings is 1. The molecule has 7 nitrogen and oxygen atoms in total. The number of halogens is 1. The van der Waals surface area contributed by atoms with E-state index in [1.807, 2.05) is 18.2 Å². The van der Waals surface area contributed by atoms with Crippen LogP contribution in [0.1, 0.15) is 35.2 Å². The van der Waals surface area contributed by atoms with Crippen molar-refractivity contribution >= 4 is 18.0 Å². The predicted octanol–water partition coefficient (Wildman–Crippen LogP) is 2.58. The van der Waals surface area contributed by atoms with E-state index in [-0.39, 0.29) is 23.7 Å². The van der Waals surface area contributed by atoms with E-state index in [1.165, 1.54) is 18.3 Å². The second kappa shape index (κ2) is 12.7. The van der Waals surface area contributed by atoms with Gasteiger partial charge in [0.2, 0.25) is 0 Å². The topological polar surface area (TPSA) is 83.0 Å². The Hall–Kier alpha value is -3.10. The summed E-state index contributed by atoms with van der Waals surface area (Å²) in [5, 5.41) is 6.94. The molecule has 1 saturated heterocycles. The molecule has 8 heteroatoms. The average Bonchev–Trinajstić information content (AvgIpc) is 2.83. The van der Waals surface area contributed by atoms with Gasteiger partial charge in [0.25, 0.3) is 11.8 Å². The van der Waals surface area contributed by atoms with E-state index in [2.05, 4.69) is 20.7 Å². The predicted molar refractivity (Wildman–Crippen MR) is 121 cm³/mol. The molecule has 0 aromatic heterocycles. The van der Waals surface area contributed by atoms with Crippen molar-refractivity contribution in [2.45, 2.75) is 25.3 Å². The van der Waals surface area contributed by atoms with Crippen LogP contribution in [0.3, 0.4) is 0 Å². The van der Waals surface area contributed by atoms with Gasteiger partial charge in [-0.3, -0.25) is 14.5 Å². The molecule has 1 fully saturated rings. The van der Waals surface area contributed by atoms with Gasteiger partial charge >= 0.3 is 0 Å². The average molecular weight is 441 g/mol. The van der Waals surface area contributed by atoms with Crippen molar-refractivity contribution in [3.8, 4) is 0 Å². The molecule has 1 aliphatic rings. The normalized spacial score (nSPS) is 15.4. The zero-order valence-electron chi connectivity index (χ0n) is 18.0. The van der Waals surface area contributed by atoms with Crippen LogP contribution in [0.2, 0.25) is 0 Å². The first-order valence-corrected chi connectivity index (χ1v) is 10.9. The second-order valence-electron chi connectivity index (χ2n) is 7.57. The first-order valence-electron chi connectivity index (χ1n) is 10.9. The molecule has 3 rings (SSSR count). The van der Waals surface area contributed by atoms with E-state index in [0.717, 1.165) is 12.8 Å². The summed E-state index contributed by atoms with van der Waals surface area (Å²) in [4.78, 5) is 27.0. The highest BCUT2D eigenvalue weighted by atomic mass is 19.1. The van der Waals surface area contributed by atoms with Crippen molar-refractivity contribution < 1.29 is 18.7 Å². The molecule has 170 valence electrons. The van der Waals surface area contributed by atoms with E-state index in [4.69, 9.17) is 4.74 Å². The molecule has 1 aliphatic heterocycles. The van der Waals surface area contributed by atoms with Crippen LogP contribution in [0.15, 0.2) is 59.7 Å². The zero-order chi connectivity index (χ0) is 22.6. The summed E-state index contributed by atoms with van der Waals surface area (Å²) in [6, 6.07) is 14.6. The summed E-state index contributed by atoms with van der Waals surface area (Å²) in [5.74, 6) is -0.597. The van der Waals surface area contributed by atoms with Crippen molar-refractivity contribution in [2.75, 3.05) is 32.8 Å². The number of ether oxygens (including phenoxy) is 1. The number of hydrogen-bond acceptors (Lipinski definition) is 5. The number of hydrazone groups is 1. The lowest BCUT2D eigenvalue weighted by Gasteiger charge is -2.33. The Balaban J connectivity index is 1.47. The fraction of sp³-hybridized carbons (Fsp3) is 0.375. The molecule has 2 N–H and O–H groups in total. The maximum atomic E-state index is 13.0. The number of rotatable bonds is 10. The Morgan fingerprint density at radius 2 is 1.78 bits per heavy atom. The number of carbonyl (C=O) groups is 2. The molecule has 32 heavy (non-hydrogen) atoms. The van der Waals surface area contributed by atoms with Crippen molar-refractivity contribution in [3.05, 3.63) is 71.5 Å². The van der Waals surface area contributed by atoms with Crippen molar-refractivity contribution in [1.29, 1.82) is 0 Å². The first kappa shape index (κ1) is 23.6. The third kappa shape index (κ3) is 7.55. The molecule has 0 spiro atoms. The molecular formula is C24H29FN4O3.